The average molecular weight is 163 g/mol. The van der Waals surface area contributed by atoms with Gasteiger partial charge in [0, 0.05) is 12.4 Å². The lowest BCUT2D eigenvalue weighted by molar-refractivity contribution is 0.526. The first-order valence-electron chi connectivity index (χ1n) is 3.83. The molecule has 2 rings (SSSR count). The van der Waals surface area contributed by atoms with Crippen LogP contribution in [0.15, 0.2) is 29.4 Å². The van der Waals surface area contributed by atoms with Crippen LogP contribution in [-0.4, -0.2) is 14.5 Å². The van der Waals surface area contributed by atoms with Crippen molar-refractivity contribution in [3.8, 4) is 6.01 Å². The van der Waals surface area contributed by atoms with Gasteiger partial charge >= 0.3 is 6.01 Å². The lowest BCUT2D eigenvalue weighted by Crippen LogP contribution is -1.90. The maximum absolute atomic E-state index is 5.21. The van der Waals surface area contributed by atoms with E-state index in [1.807, 2.05) is 6.92 Å². The van der Waals surface area contributed by atoms with E-state index in [0.29, 0.717) is 6.01 Å². The van der Waals surface area contributed by atoms with Crippen molar-refractivity contribution >= 4 is 0 Å². The summed E-state index contributed by atoms with van der Waals surface area (Å²) in [5.74, 6) is 0. The van der Waals surface area contributed by atoms with Crippen LogP contribution in [0, 0.1) is 0 Å². The van der Waals surface area contributed by atoms with Crippen LogP contribution in [-0.2, 0) is 6.42 Å². The van der Waals surface area contributed by atoms with Crippen LogP contribution in [0.5, 0.6) is 0 Å². The normalized spacial score (nSPS) is 10.4. The van der Waals surface area contributed by atoms with E-state index in [-0.39, 0.29) is 0 Å². The Hall–Kier alpha value is -1.58. The molecule has 2 aromatic heterocycles. The van der Waals surface area contributed by atoms with E-state index in [0.717, 1.165) is 12.1 Å². The predicted molar refractivity (Wildman–Crippen MR) is 43.0 cm³/mol. The maximum Gasteiger partial charge on any atom is 0.307 e. The van der Waals surface area contributed by atoms with Crippen molar-refractivity contribution in [2.24, 2.45) is 0 Å². The van der Waals surface area contributed by atoms with Gasteiger partial charge in [0.05, 0.1) is 5.69 Å². The number of hydrogen-bond acceptors (Lipinski definition) is 3. The second kappa shape index (κ2) is 2.81. The van der Waals surface area contributed by atoms with E-state index in [1.165, 1.54) is 0 Å². The molecule has 0 fully saturated rings. The summed E-state index contributed by atoms with van der Waals surface area (Å²) in [5, 5.41) is 0. The van der Waals surface area contributed by atoms with Gasteiger partial charge in [-0.15, -0.1) is 0 Å². The minimum atomic E-state index is 0.573. The van der Waals surface area contributed by atoms with Crippen molar-refractivity contribution in [3.63, 3.8) is 0 Å². The monoisotopic (exact) mass is 163 g/mol. The van der Waals surface area contributed by atoms with Crippen molar-refractivity contribution in [2.75, 3.05) is 0 Å². The number of hydrogen-bond donors (Lipinski definition) is 0. The number of aromatic nitrogens is 3. The molecule has 0 spiro atoms. The first kappa shape index (κ1) is 7.09. The van der Waals surface area contributed by atoms with E-state index in [2.05, 4.69) is 9.97 Å². The van der Waals surface area contributed by atoms with Crippen LogP contribution >= 0.6 is 0 Å². The molecule has 0 unspecified atom stereocenters. The Balaban J connectivity index is 2.35. The molecule has 0 aliphatic rings. The average Bonchev–Trinajstić information content (AvgIpc) is 2.75. The van der Waals surface area contributed by atoms with Gasteiger partial charge in [-0.1, -0.05) is 6.92 Å². The van der Waals surface area contributed by atoms with Crippen molar-refractivity contribution in [2.45, 2.75) is 13.3 Å². The van der Waals surface area contributed by atoms with Gasteiger partial charge in [-0.05, 0) is 6.42 Å². The summed E-state index contributed by atoms with van der Waals surface area (Å²) in [6.45, 7) is 2.04. The lowest BCUT2D eigenvalue weighted by Gasteiger charge is -1.90. The number of nitrogens with zero attached hydrogens (tertiary/aromatic N) is 3. The molecule has 4 heteroatoms. The number of imidazole rings is 1. The second-order valence-electron chi connectivity index (χ2n) is 2.44. The van der Waals surface area contributed by atoms with Crippen molar-refractivity contribution in [1.82, 2.24) is 14.5 Å². The van der Waals surface area contributed by atoms with Gasteiger partial charge in [0.2, 0.25) is 0 Å². The van der Waals surface area contributed by atoms with Gasteiger partial charge in [0.25, 0.3) is 0 Å². The molecule has 0 N–H and O–H groups in total. The van der Waals surface area contributed by atoms with E-state index >= 15 is 0 Å². The summed E-state index contributed by atoms with van der Waals surface area (Å²) < 4.78 is 6.95. The molecule has 0 aromatic carbocycles. The molecule has 4 nitrogen and oxygen atoms in total. The predicted octanol–water partition coefficient (Wildman–Crippen LogP) is 1.42. The molecule has 0 atom stereocenters. The van der Waals surface area contributed by atoms with E-state index in [9.17, 15) is 0 Å². The third kappa shape index (κ3) is 1.11. The standard InChI is InChI=1S/C8H9N3O/c1-2-7-5-12-8(10-7)11-4-3-9-6-11/h3-6H,2H2,1H3. The Kier molecular flexibility index (Phi) is 1.66. The summed E-state index contributed by atoms with van der Waals surface area (Å²) in [5.41, 5.74) is 0.957. The number of aryl methyl sites for hydroxylation is 1. The molecule has 2 heterocycles. The molecule has 2 aromatic rings. The Labute approximate surface area is 69.9 Å². The summed E-state index contributed by atoms with van der Waals surface area (Å²) in [7, 11) is 0. The van der Waals surface area contributed by atoms with Gasteiger partial charge in [-0.25, -0.2) is 4.98 Å². The molecular weight excluding hydrogens is 154 g/mol. The maximum atomic E-state index is 5.21. The molecular formula is C8H9N3O. The Bertz CT molecular complexity index is 350. The Morgan fingerprint density at radius 1 is 1.58 bits per heavy atom. The fourth-order valence-electron chi connectivity index (χ4n) is 0.950. The quantitative estimate of drug-likeness (QED) is 0.672. The highest BCUT2D eigenvalue weighted by Crippen LogP contribution is 2.06. The second-order valence-corrected chi connectivity index (χ2v) is 2.44. The zero-order valence-corrected chi connectivity index (χ0v) is 6.77. The summed E-state index contributed by atoms with van der Waals surface area (Å²) in [4.78, 5) is 8.12. The van der Waals surface area contributed by atoms with Gasteiger partial charge in [0.1, 0.15) is 12.6 Å². The molecule has 0 aliphatic heterocycles. The van der Waals surface area contributed by atoms with E-state index in [4.69, 9.17) is 4.42 Å². The van der Waals surface area contributed by atoms with Crippen LogP contribution in [0.4, 0.5) is 0 Å². The van der Waals surface area contributed by atoms with Crippen LogP contribution in [0.3, 0.4) is 0 Å². The van der Waals surface area contributed by atoms with Gasteiger partial charge < -0.3 is 4.42 Å². The molecule has 12 heavy (non-hydrogen) atoms. The molecule has 0 aliphatic carbocycles. The highest BCUT2D eigenvalue weighted by molar-refractivity contribution is 5.09. The third-order valence-electron chi connectivity index (χ3n) is 1.63. The SMILES string of the molecule is CCc1coc(-n2ccnc2)n1. The van der Waals surface area contributed by atoms with Crippen molar-refractivity contribution in [3.05, 3.63) is 30.7 Å². The molecule has 0 saturated carbocycles. The molecule has 0 bridgehead atoms. The molecule has 62 valence electrons. The largest absolute Gasteiger partial charge is 0.431 e. The number of oxazole rings is 1. The van der Waals surface area contributed by atoms with Crippen LogP contribution in [0.2, 0.25) is 0 Å². The summed E-state index contributed by atoms with van der Waals surface area (Å²) in [6, 6.07) is 0.573. The Morgan fingerprint density at radius 3 is 3.08 bits per heavy atom. The van der Waals surface area contributed by atoms with E-state index in [1.54, 1.807) is 29.6 Å². The van der Waals surface area contributed by atoms with Crippen LogP contribution in [0.1, 0.15) is 12.6 Å². The van der Waals surface area contributed by atoms with E-state index < -0.39 is 0 Å². The van der Waals surface area contributed by atoms with Crippen molar-refractivity contribution < 1.29 is 4.42 Å². The van der Waals surface area contributed by atoms with Gasteiger partial charge in [-0.3, -0.25) is 4.57 Å². The fraction of sp³-hybridized carbons (Fsp3) is 0.250. The zero-order valence-electron chi connectivity index (χ0n) is 6.77. The fourth-order valence-corrected chi connectivity index (χ4v) is 0.950. The molecule has 0 saturated heterocycles. The Morgan fingerprint density at radius 2 is 2.50 bits per heavy atom. The highest BCUT2D eigenvalue weighted by Gasteiger charge is 2.02. The summed E-state index contributed by atoms with van der Waals surface area (Å²) >= 11 is 0. The third-order valence-corrected chi connectivity index (χ3v) is 1.63. The lowest BCUT2D eigenvalue weighted by atomic mass is 10.4. The smallest absolute Gasteiger partial charge is 0.307 e. The first-order valence-corrected chi connectivity index (χ1v) is 3.83. The number of rotatable bonds is 2. The zero-order chi connectivity index (χ0) is 8.39. The first-order chi connectivity index (χ1) is 5.90. The van der Waals surface area contributed by atoms with Crippen LogP contribution in [0.25, 0.3) is 6.01 Å². The van der Waals surface area contributed by atoms with Gasteiger partial charge in [-0.2, -0.15) is 4.98 Å². The topological polar surface area (TPSA) is 43.9 Å². The summed E-state index contributed by atoms with van der Waals surface area (Å²) in [6.07, 6.45) is 7.69. The van der Waals surface area contributed by atoms with Gasteiger partial charge in [0.15, 0.2) is 0 Å². The van der Waals surface area contributed by atoms with Crippen LogP contribution < -0.4 is 0 Å². The molecule has 0 amide bonds. The highest BCUT2D eigenvalue weighted by atomic mass is 16.4. The van der Waals surface area contributed by atoms with Crippen molar-refractivity contribution in [1.29, 1.82) is 0 Å². The minimum absolute atomic E-state index is 0.573. The molecule has 0 radical (unpaired) electrons. The minimum Gasteiger partial charge on any atom is -0.431 e.